The second kappa shape index (κ2) is 6.53. The molecule has 2 N–H and O–H groups in total. The van der Waals surface area contributed by atoms with Crippen LogP contribution < -0.4 is 0 Å². The number of carbonyl (C=O) groups excluding carboxylic acids is 1. The smallest absolute Gasteiger partial charge is 0.166 e. The molecule has 0 bridgehead atoms. The summed E-state index contributed by atoms with van der Waals surface area (Å²) in [6, 6.07) is 4.05. The molecule has 4 heteroatoms. The number of phenols is 2. The van der Waals surface area contributed by atoms with Crippen LogP contribution in [0.15, 0.2) is 18.2 Å². The summed E-state index contributed by atoms with van der Waals surface area (Å²) in [6.45, 7) is 0. The van der Waals surface area contributed by atoms with Crippen LogP contribution in [-0.2, 0) is 0 Å². The Hall–Kier alpha value is -1.03. The van der Waals surface area contributed by atoms with Crippen LogP contribution >= 0.6 is 15.9 Å². The molecule has 0 atom stereocenters. The van der Waals surface area contributed by atoms with Crippen molar-refractivity contribution in [3.05, 3.63) is 23.8 Å². The molecule has 1 rings (SSSR count). The summed E-state index contributed by atoms with van der Waals surface area (Å²) in [6.07, 6.45) is 3.31. The average Bonchev–Trinajstić information content (AvgIpc) is 2.24. The number of benzene rings is 1. The Bertz CT molecular complexity index is 363. The minimum absolute atomic E-state index is 0.0339. The highest BCUT2D eigenvalue weighted by Crippen LogP contribution is 2.24. The lowest BCUT2D eigenvalue weighted by Crippen LogP contribution is -1.99. The van der Waals surface area contributed by atoms with E-state index in [1.54, 1.807) is 0 Å². The summed E-state index contributed by atoms with van der Waals surface area (Å²) < 4.78 is 0. The topological polar surface area (TPSA) is 57.5 Å². The van der Waals surface area contributed by atoms with Crippen molar-refractivity contribution in [3.63, 3.8) is 0 Å². The highest BCUT2D eigenvalue weighted by molar-refractivity contribution is 9.09. The van der Waals surface area contributed by atoms with Gasteiger partial charge in [-0.25, -0.2) is 0 Å². The van der Waals surface area contributed by atoms with E-state index in [-0.39, 0.29) is 22.8 Å². The predicted octanol–water partition coefficient (Wildman–Crippen LogP) is 3.24. The SMILES string of the molecule is O=C(CCCCCBr)c1ccc(O)cc1O. The Kier molecular flexibility index (Phi) is 5.32. The van der Waals surface area contributed by atoms with E-state index in [2.05, 4.69) is 15.9 Å². The number of Topliss-reactive ketones (excluding diaryl/α,β-unsaturated/α-hetero) is 1. The Morgan fingerprint density at radius 2 is 1.94 bits per heavy atom. The molecule has 0 aliphatic carbocycles. The fourth-order valence-corrected chi connectivity index (χ4v) is 1.84. The molecule has 0 saturated carbocycles. The predicted molar refractivity (Wildman–Crippen MR) is 66.4 cm³/mol. The summed E-state index contributed by atoms with van der Waals surface area (Å²) in [4.78, 5) is 11.7. The minimum atomic E-state index is -0.148. The van der Waals surface area contributed by atoms with Crippen LogP contribution in [0.4, 0.5) is 0 Å². The van der Waals surface area contributed by atoms with Gasteiger partial charge in [0.05, 0.1) is 5.56 Å². The summed E-state index contributed by atoms with van der Waals surface area (Å²) in [5, 5.41) is 19.5. The molecule has 16 heavy (non-hydrogen) atoms. The molecule has 0 amide bonds. The van der Waals surface area contributed by atoms with Crippen molar-refractivity contribution < 1.29 is 15.0 Å². The number of rotatable bonds is 6. The van der Waals surface area contributed by atoms with Crippen molar-refractivity contribution in [2.45, 2.75) is 25.7 Å². The quantitative estimate of drug-likeness (QED) is 0.480. The van der Waals surface area contributed by atoms with Gasteiger partial charge in [0, 0.05) is 17.8 Å². The van der Waals surface area contributed by atoms with E-state index in [1.807, 2.05) is 0 Å². The molecule has 1 aromatic rings. The molecule has 0 aliphatic rings. The number of halogens is 1. The standard InChI is InChI=1S/C12H15BrO3/c13-7-3-1-2-4-11(15)10-6-5-9(14)8-12(10)16/h5-6,8,14,16H,1-4,7H2. The van der Waals surface area contributed by atoms with E-state index in [4.69, 9.17) is 5.11 Å². The van der Waals surface area contributed by atoms with Gasteiger partial charge in [0.25, 0.3) is 0 Å². The Morgan fingerprint density at radius 3 is 2.56 bits per heavy atom. The number of carbonyl (C=O) groups is 1. The molecule has 3 nitrogen and oxygen atoms in total. The Balaban J connectivity index is 2.53. The Labute approximate surface area is 103 Å². The van der Waals surface area contributed by atoms with E-state index < -0.39 is 0 Å². The van der Waals surface area contributed by atoms with E-state index >= 15 is 0 Å². The highest BCUT2D eigenvalue weighted by Gasteiger charge is 2.10. The van der Waals surface area contributed by atoms with Crippen molar-refractivity contribution in [1.29, 1.82) is 0 Å². The number of phenolic OH excluding ortho intramolecular Hbond substituents is 2. The number of ketones is 1. The lowest BCUT2D eigenvalue weighted by molar-refractivity contribution is 0.0976. The normalized spacial score (nSPS) is 10.3. The third kappa shape index (κ3) is 3.85. The van der Waals surface area contributed by atoms with Gasteiger partial charge < -0.3 is 10.2 Å². The van der Waals surface area contributed by atoms with Gasteiger partial charge in [-0.2, -0.15) is 0 Å². The van der Waals surface area contributed by atoms with Gasteiger partial charge in [0.1, 0.15) is 11.5 Å². The fraction of sp³-hybridized carbons (Fsp3) is 0.417. The molecule has 0 aromatic heterocycles. The van der Waals surface area contributed by atoms with E-state index in [9.17, 15) is 9.90 Å². The minimum Gasteiger partial charge on any atom is -0.508 e. The number of alkyl halides is 1. The lowest BCUT2D eigenvalue weighted by atomic mass is 10.0. The van der Waals surface area contributed by atoms with Gasteiger partial charge in [0.15, 0.2) is 5.78 Å². The maximum absolute atomic E-state index is 11.7. The van der Waals surface area contributed by atoms with E-state index in [0.29, 0.717) is 6.42 Å². The second-order valence-corrected chi connectivity index (χ2v) is 4.42. The highest BCUT2D eigenvalue weighted by atomic mass is 79.9. The lowest BCUT2D eigenvalue weighted by Gasteiger charge is -2.04. The van der Waals surface area contributed by atoms with Gasteiger partial charge in [-0.3, -0.25) is 4.79 Å². The first-order chi connectivity index (χ1) is 7.65. The number of aromatic hydroxyl groups is 2. The van der Waals surface area contributed by atoms with Crippen LogP contribution in [-0.4, -0.2) is 21.3 Å². The molecular weight excluding hydrogens is 272 g/mol. The van der Waals surface area contributed by atoms with Crippen LogP contribution in [0.25, 0.3) is 0 Å². The van der Waals surface area contributed by atoms with Crippen molar-refractivity contribution in [2.24, 2.45) is 0 Å². The summed E-state index contributed by atoms with van der Waals surface area (Å²) >= 11 is 3.33. The first-order valence-corrected chi connectivity index (χ1v) is 6.38. The molecule has 0 saturated heterocycles. The zero-order valence-corrected chi connectivity index (χ0v) is 10.5. The molecular formula is C12H15BrO3. The van der Waals surface area contributed by atoms with Crippen molar-refractivity contribution >= 4 is 21.7 Å². The maximum atomic E-state index is 11.7. The van der Waals surface area contributed by atoms with Crippen LogP contribution in [0, 0.1) is 0 Å². The molecule has 0 spiro atoms. The van der Waals surface area contributed by atoms with Crippen molar-refractivity contribution in [2.75, 3.05) is 5.33 Å². The van der Waals surface area contributed by atoms with E-state index in [1.165, 1.54) is 18.2 Å². The number of hydrogen-bond donors (Lipinski definition) is 2. The first-order valence-electron chi connectivity index (χ1n) is 5.26. The summed E-state index contributed by atoms with van der Waals surface area (Å²) in [5.41, 5.74) is 0.289. The second-order valence-electron chi connectivity index (χ2n) is 3.62. The van der Waals surface area contributed by atoms with Crippen LogP contribution in [0.1, 0.15) is 36.0 Å². The van der Waals surface area contributed by atoms with Crippen molar-refractivity contribution in [3.8, 4) is 11.5 Å². The third-order valence-corrected chi connectivity index (χ3v) is 2.88. The first kappa shape index (κ1) is 13.0. The summed E-state index contributed by atoms with van der Waals surface area (Å²) in [5.74, 6) is -0.258. The Morgan fingerprint density at radius 1 is 1.19 bits per heavy atom. The van der Waals surface area contributed by atoms with Crippen LogP contribution in [0.3, 0.4) is 0 Å². The molecule has 88 valence electrons. The molecule has 0 radical (unpaired) electrons. The zero-order chi connectivity index (χ0) is 12.0. The number of unbranched alkanes of at least 4 members (excludes halogenated alkanes) is 2. The fourth-order valence-electron chi connectivity index (χ4n) is 1.45. The van der Waals surface area contributed by atoms with Gasteiger partial charge in [-0.1, -0.05) is 22.4 Å². The average molecular weight is 287 g/mol. The number of hydrogen-bond acceptors (Lipinski definition) is 3. The largest absolute Gasteiger partial charge is 0.508 e. The third-order valence-electron chi connectivity index (χ3n) is 2.32. The molecule has 0 unspecified atom stereocenters. The molecule has 0 fully saturated rings. The summed E-state index contributed by atoms with van der Waals surface area (Å²) in [7, 11) is 0. The molecule has 1 aromatic carbocycles. The van der Waals surface area contributed by atoms with Gasteiger partial charge in [-0.05, 0) is 25.0 Å². The van der Waals surface area contributed by atoms with Gasteiger partial charge >= 0.3 is 0 Å². The monoisotopic (exact) mass is 286 g/mol. The zero-order valence-electron chi connectivity index (χ0n) is 8.95. The van der Waals surface area contributed by atoms with Crippen LogP contribution in [0.2, 0.25) is 0 Å². The van der Waals surface area contributed by atoms with Crippen LogP contribution in [0.5, 0.6) is 11.5 Å². The van der Waals surface area contributed by atoms with Crippen molar-refractivity contribution in [1.82, 2.24) is 0 Å². The molecule has 0 heterocycles. The molecule has 0 aliphatic heterocycles. The van der Waals surface area contributed by atoms with E-state index in [0.717, 1.165) is 24.6 Å². The van der Waals surface area contributed by atoms with Gasteiger partial charge in [0.2, 0.25) is 0 Å². The van der Waals surface area contributed by atoms with Gasteiger partial charge in [-0.15, -0.1) is 0 Å². The maximum Gasteiger partial charge on any atom is 0.166 e.